The van der Waals surface area contributed by atoms with Crippen molar-refractivity contribution in [3.63, 3.8) is 0 Å². The Balaban J connectivity index is 1.69. The van der Waals surface area contributed by atoms with Crippen molar-refractivity contribution in [2.24, 2.45) is 11.7 Å². The standard InChI is InChI=1S/C16H24N2OS/c1-11(2)12-5-7-14(8-6-12)20-10-16(19)18-9-15(17)13-3-4-13/h5-8,11,13,15H,3-4,9-10,17H2,1-2H3,(H,18,19). The van der Waals surface area contributed by atoms with E-state index in [4.69, 9.17) is 5.73 Å². The Kier molecular flexibility index (Phi) is 5.49. The zero-order chi connectivity index (χ0) is 14.5. The van der Waals surface area contributed by atoms with E-state index in [0.717, 1.165) is 4.90 Å². The van der Waals surface area contributed by atoms with E-state index in [9.17, 15) is 4.79 Å². The molecular formula is C16H24N2OS. The summed E-state index contributed by atoms with van der Waals surface area (Å²) >= 11 is 1.57. The number of carbonyl (C=O) groups excluding carboxylic acids is 1. The summed E-state index contributed by atoms with van der Waals surface area (Å²) in [5, 5.41) is 2.92. The molecule has 1 fully saturated rings. The molecule has 0 heterocycles. The van der Waals surface area contributed by atoms with Crippen LogP contribution in [0.2, 0.25) is 0 Å². The van der Waals surface area contributed by atoms with Crippen LogP contribution in [0.4, 0.5) is 0 Å². The van der Waals surface area contributed by atoms with Crippen LogP contribution in [0.15, 0.2) is 29.2 Å². The molecule has 3 nitrogen and oxygen atoms in total. The fourth-order valence-electron chi connectivity index (χ4n) is 2.07. The lowest BCUT2D eigenvalue weighted by molar-refractivity contribution is -0.118. The molecule has 110 valence electrons. The van der Waals surface area contributed by atoms with Crippen molar-refractivity contribution < 1.29 is 4.79 Å². The molecule has 4 heteroatoms. The van der Waals surface area contributed by atoms with Gasteiger partial charge >= 0.3 is 0 Å². The van der Waals surface area contributed by atoms with Gasteiger partial charge in [-0.1, -0.05) is 26.0 Å². The molecule has 3 N–H and O–H groups in total. The predicted molar refractivity (Wildman–Crippen MR) is 85.0 cm³/mol. The maximum atomic E-state index is 11.8. The minimum absolute atomic E-state index is 0.0686. The van der Waals surface area contributed by atoms with E-state index in [-0.39, 0.29) is 11.9 Å². The van der Waals surface area contributed by atoms with Crippen molar-refractivity contribution in [3.05, 3.63) is 29.8 Å². The van der Waals surface area contributed by atoms with Gasteiger partial charge in [-0.25, -0.2) is 0 Å². The van der Waals surface area contributed by atoms with Crippen molar-refractivity contribution in [2.75, 3.05) is 12.3 Å². The molecule has 1 aromatic rings. The first-order valence-electron chi connectivity index (χ1n) is 7.31. The van der Waals surface area contributed by atoms with Crippen LogP contribution in [0.5, 0.6) is 0 Å². The molecule has 2 rings (SSSR count). The zero-order valence-corrected chi connectivity index (χ0v) is 13.1. The van der Waals surface area contributed by atoms with Gasteiger partial charge in [0, 0.05) is 17.5 Å². The molecule has 1 unspecified atom stereocenters. The molecule has 1 aromatic carbocycles. The number of amides is 1. The van der Waals surface area contributed by atoms with Crippen molar-refractivity contribution in [2.45, 2.75) is 43.5 Å². The van der Waals surface area contributed by atoms with Crippen LogP contribution in [-0.4, -0.2) is 24.2 Å². The largest absolute Gasteiger partial charge is 0.354 e. The number of carbonyl (C=O) groups is 1. The van der Waals surface area contributed by atoms with Gasteiger partial charge in [-0.2, -0.15) is 0 Å². The molecule has 0 radical (unpaired) electrons. The van der Waals surface area contributed by atoms with Gasteiger partial charge < -0.3 is 11.1 Å². The summed E-state index contributed by atoms with van der Waals surface area (Å²) in [6.07, 6.45) is 2.43. The number of benzene rings is 1. The second kappa shape index (κ2) is 7.14. The van der Waals surface area contributed by atoms with E-state index in [0.29, 0.717) is 24.1 Å². The van der Waals surface area contributed by atoms with Gasteiger partial charge in [-0.15, -0.1) is 11.8 Å². The van der Waals surface area contributed by atoms with Crippen molar-refractivity contribution in [1.29, 1.82) is 0 Å². The summed E-state index contributed by atoms with van der Waals surface area (Å²) in [6.45, 7) is 4.97. The average Bonchev–Trinajstić information content (AvgIpc) is 3.27. The average molecular weight is 292 g/mol. The molecule has 1 saturated carbocycles. The van der Waals surface area contributed by atoms with Gasteiger partial charge in [0.05, 0.1) is 5.75 Å². The monoisotopic (exact) mass is 292 g/mol. The first-order valence-corrected chi connectivity index (χ1v) is 8.30. The minimum Gasteiger partial charge on any atom is -0.354 e. The van der Waals surface area contributed by atoms with Gasteiger partial charge in [-0.3, -0.25) is 4.79 Å². The Morgan fingerprint density at radius 3 is 2.55 bits per heavy atom. The van der Waals surface area contributed by atoms with Crippen LogP contribution >= 0.6 is 11.8 Å². The van der Waals surface area contributed by atoms with Crippen LogP contribution in [0.3, 0.4) is 0 Å². The van der Waals surface area contributed by atoms with Crippen LogP contribution in [0.25, 0.3) is 0 Å². The van der Waals surface area contributed by atoms with Crippen LogP contribution in [0, 0.1) is 5.92 Å². The highest BCUT2D eigenvalue weighted by Gasteiger charge is 2.28. The van der Waals surface area contributed by atoms with E-state index in [1.165, 1.54) is 18.4 Å². The predicted octanol–water partition coefficient (Wildman–Crippen LogP) is 2.76. The number of nitrogens with one attached hydrogen (secondary N) is 1. The first-order chi connectivity index (χ1) is 9.56. The smallest absolute Gasteiger partial charge is 0.230 e. The third kappa shape index (κ3) is 4.84. The Morgan fingerprint density at radius 1 is 1.35 bits per heavy atom. The van der Waals surface area contributed by atoms with Crippen LogP contribution in [-0.2, 0) is 4.79 Å². The molecule has 0 aliphatic heterocycles. The summed E-state index contributed by atoms with van der Waals surface area (Å²) in [5.41, 5.74) is 7.29. The molecule has 1 atom stereocenters. The Morgan fingerprint density at radius 2 is 2.00 bits per heavy atom. The summed E-state index contributed by atoms with van der Waals surface area (Å²) < 4.78 is 0. The molecule has 0 bridgehead atoms. The van der Waals surface area contributed by atoms with Gasteiger partial charge in [0.2, 0.25) is 5.91 Å². The van der Waals surface area contributed by atoms with Crippen molar-refractivity contribution in [3.8, 4) is 0 Å². The number of rotatable bonds is 7. The lowest BCUT2D eigenvalue weighted by atomic mass is 10.0. The van der Waals surface area contributed by atoms with Gasteiger partial charge in [0.25, 0.3) is 0 Å². The van der Waals surface area contributed by atoms with E-state index in [1.54, 1.807) is 11.8 Å². The van der Waals surface area contributed by atoms with E-state index >= 15 is 0 Å². The molecule has 0 aromatic heterocycles. The summed E-state index contributed by atoms with van der Waals surface area (Å²) in [7, 11) is 0. The SMILES string of the molecule is CC(C)c1ccc(SCC(=O)NCC(N)C2CC2)cc1. The Labute approximate surface area is 125 Å². The van der Waals surface area contributed by atoms with Gasteiger partial charge in [0.15, 0.2) is 0 Å². The zero-order valence-electron chi connectivity index (χ0n) is 12.3. The van der Waals surface area contributed by atoms with Crippen LogP contribution in [0.1, 0.15) is 38.2 Å². The van der Waals surface area contributed by atoms with Crippen LogP contribution < -0.4 is 11.1 Å². The lowest BCUT2D eigenvalue weighted by Gasteiger charge is -2.11. The normalized spacial score (nSPS) is 16.2. The lowest BCUT2D eigenvalue weighted by Crippen LogP contribution is -2.39. The third-order valence-corrected chi connectivity index (χ3v) is 4.69. The molecule has 20 heavy (non-hydrogen) atoms. The van der Waals surface area contributed by atoms with Crippen molar-refractivity contribution >= 4 is 17.7 Å². The van der Waals surface area contributed by atoms with Crippen molar-refractivity contribution in [1.82, 2.24) is 5.32 Å². The highest BCUT2D eigenvalue weighted by Crippen LogP contribution is 2.31. The molecule has 1 aliphatic rings. The first kappa shape index (κ1) is 15.4. The Hall–Kier alpha value is -1.00. The minimum atomic E-state index is 0.0686. The topological polar surface area (TPSA) is 55.1 Å². The van der Waals surface area contributed by atoms with Gasteiger partial charge in [-0.05, 0) is 42.4 Å². The van der Waals surface area contributed by atoms with Gasteiger partial charge in [0.1, 0.15) is 0 Å². The maximum absolute atomic E-state index is 11.8. The molecule has 1 aliphatic carbocycles. The molecule has 1 amide bonds. The maximum Gasteiger partial charge on any atom is 0.230 e. The number of nitrogens with two attached hydrogens (primary N) is 1. The number of thioether (sulfide) groups is 1. The molecular weight excluding hydrogens is 268 g/mol. The third-order valence-electron chi connectivity index (χ3n) is 3.68. The van der Waals surface area contributed by atoms with E-state index in [1.807, 2.05) is 0 Å². The van der Waals surface area contributed by atoms with E-state index in [2.05, 4.69) is 43.4 Å². The van der Waals surface area contributed by atoms with E-state index < -0.39 is 0 Å². The fourth-order valence-corrected chi connectivity index (χ4v) is 2.80. The summed E-state index contributed by atoms with van der Waals surface area (Å²) in [6, 6.07) is 8.57. The number of hydrogen-bond acceptors (Lipinski definition) is 3. The second-order valence-electron chi connectivity index (χ2n) is 5.82. The summed E-state index contributed by atoms with van der Waals surface area (Å²) in [5.74, 6) is 1.70. The summed E-state index contributed by atoms with van der Waals surface area (Å²) in [4.78, 5) is 12.9. The quantitative estimate of drug-likeness (QED) is 0.760. The highest BCUT2D eigenvalue weighted by atomic mass is 32.2. The molecule has 0 saturated heterocycles. The molecule has 0 spiro atoms. The highest BCUT2D eigenvalue weighted by molar-refractivity contribution is 8.00. The Bertz CT molecular complexity index is 440. The number of hydrogen-bond donors (Lipinski definition) is 2. The fraction of sp³-hybridized carbons (Fsp3) is 0.562. The second-order valence-corrected chi connectivity index (χ2v) is 6.87.